The predicted molar refractivity (Wildman–Crippen MR) is 84.3 cm³/mol. The molecule has 0 radical (unpaired) electrons. The number of nitrogens with one attached hydrogen (secondary N) is 1. The number of nitrogens with zero attached hydrogens (tertiary/aromatic N) is 1. The Balaban J connectivity index is 1.84. The van der Waals surface area contributed by atoms with Crippen molar-refractivity contribution >= 4 is 5.69 Å². The standard InChI is InChI=1S/C17H24N2O/c1-13-10-14(2)12-16(11-13)19(4)8-7-18-15(3)17-6-5-9-20-17/h5-6,9-12,15,18H,7-8H2,1-4H3. The molecule has 1 aromatic carbocycles. The van der Waals surface area contributed by atoms with E-state index in [0.29, 0.717) is 0 Å². The maximum Gasteiger partial charge on any atom is 0.120 e. The highest BCUT2D eigenvalue weighted by molar-refractivity contribution is 5.50. The first-order valence-corrected chi connectivity index (χ1v) is 7.12. The Kier molecular flexibility index (Phi) is 4.85. The van der Waals surface area contributed by atoms with Gasteiger partial charge in [0.05, 0.1) is 12.3 Å². The van der Waals surface area contributed by atoms with Crippen molar-refractivity contribution in [3.8, 4) is 0 Å². The number of furan rings is 1. The van der Waals surface area contributed by atoms with E-state index >= 15 is 0 Å². The number of anilines is 1. The zero-order valence-electron chi connectivity index (χ0n) is 12.8. The van der Waals surface area contributed by atoms with Gasteiger partial charge in [-0.15, -0.1) is 0 Å². The monoisotopic (exact) mass is 272 g/mol. The van der Waals surface area contributed by atoms with Gasteiger partial charge in [-0.2, -0.15) is 0 Å². The fraction of sp³-hybridized carbons (Fsp3) is 0.412. The minimum Gasteiger partial charge on any atom is -0.468 e. The lowest BCUT2D eigenvalue weighted by Crippen LogP contribution is -2.30. The van der Waals surface area contributed by atoms with E-state index < -0.39 is 0 Å². The minimum absolute atomic E-state index is 0.248. The third kappa shape index (κ3) is 3.87. The number of benzene rings is 1. The lowest BCUT2D eigenvalue weighted by molar-refractivity contribution is 0.433. The Hall–Kier alpha value is -1.74. The molecule has 0 aliphatic heterocycles. The second kappa shape index (κ2) is 6.62. The second-order valence-electron chi connectivity index (χ2n) is 5.46. The first-order valence-electron chi connectivity index (χ1n) is 7.12. The number of rotatable bonds is 6. The summed E-state index contributed by atoms with van der Waals surface area (Å²) in [6, 6.07) is 10.8. The molecule has 3 heteroatoms. The van der Waals surface area contributed by atoms with Crippen molar-refractivity contribution in [2.24, 2.45) is 0 Å². The largest absolute Gasteiger partial charge is 0.468 e. The second-order valence-corrected chi connectivity index (χ2v) is 5.46. The van der Waals surface area contributed by atoms with E-state index in [9.17, 15) is 0 Å². The van der Waals surface area contributed by atoms with Gasteiger partial charge in [0.1, 0.15) is 5.76 Å². The molecule has 1 heterocycles. The van der Waals surface area contributed by atoms with Crippen LogP contribution in [0.4, 0.5) is 5.69 Å². The minimum atomic E-state index is 0.248. The lowest BCUT2D eigenvalue weighted by Gasteiger charge is -2.21. The van der Waals surface area contributed by atoms with Crippen molar-refractivity contribution < 1.29 is 4.42 Å². The van der Waals surface area contributed by atoms with Crippen LogP contribution in [0.1, 0.15) is 29.9 Å². The van der Waals surface area contributed by atoms with Gasteiger partial charge in [-0.05, 0) is 56.2 Å². The van der Waals surface area contributed by atoms with Crippen LogP contribution in [-0.2, 0) is 0 Å². The molecule has 1 atom stereocenters. The summed E-state index contributed by atoms with van der Waals surface area (Å²) in [7, 11) is 2.13. The van der Waals surface area contributed by atoms with Crippen molar-refractivity contribution in [3.63, 3.8) is 0 Å². The molecular formula is C17H24N2O. The number of hydrogen-bond donors (Lipinski definition) is 1. The van der Waals surface area contributed by atoms with Crippen molar-refractivity contribution in [2.45, 2.75) is 26.8 Å². The van der Waals surface area contributed by atoms with Crippen molar-refractivity contribution in [1.29, 1.82) is 0 Å². The maximum absolute atomic E-state index is 5.39. The Labute approximate surface area is 121 Å². The fourth-order valence-corrected chi connectivity index (χ4v) is 2.39. The van der Waals surface area contributed by atoms with E-state index in [1.54, 1.807) is 6.26 Å². The number of aryl methyl sites for hydroxylation is 2. The van der Waals surface area contributed by atoms with Gasteiger partial charge in [-0.25, -0.2) is 0 Å². The molecule has 1 aromatic heterocycles. The van der Waals surface area contributed by atoms with E-state index in [1.807, 2.05) is 12.1 Å². The molecule has 0 bridgehead atoms. The topological polar surface area (TPSA) is 28.4 Å². The molecule has 1 N–H and O–H groups in total. The average molecular weight is 272 g/mol. The van der Waals surface area contributed by atoms with E-state index in [-0.39, 0.29) is 6.04 Å². The maximum atomic E-state index is 5.39. The number of hydrogen-bond acceptors (Lipinski definition) is 3. The molecule has 0 saturated heterocycles. The van der Waals surface area contributed by atoms with Gasteiger partial charge in [-0.1, -0.05) is 6.07 Å². The van der Waals surface area contributed by atoms with E-state index in [4.69, 9.17) is 4.42 Å². The van der Waals surface area contributed by atoms with Crippen LogP contribution in [0.25, 0.3) is 0 Å². The summed E-state index contributed by atoms with van der Waals surface area (Å²) in [5.41, 5.74) is 3.89. The highest BCUT2D eigenvalue weighted by Crippen LogP contribution is 2.17. The Morgan fingerprint density at radius 1 is 1.20 bits per heavy atom. The summed E-state index contributed by atoms with van der Waals surface area (Å²) in [4.78, 5) is 2.28. The first kappa shape index (κ1) is 14.7. The summed E-state index contributed by atoms with van der Waals surface area (Å²) in [5.74, 6) is 0.985. The highest BCUT2D eigenvalue weighted by Gasteiger charge is 2.08. The summed E-state index contributed by atoms with van der Waals surface area (Å²) in [6.45, 7) is 8.29. The average Bonchev–Trinajstić information content (AvgIpc) is 2.91. The van der Waals surface area contributed by atoms with Crippen molar-refractivity contribution in [3.05, 3.63) is 53.5 Å². The smallest absolute Gasteiger partial charge is 0.120 e. The summed E-state index contributed by atoms with van der Waals surface area (Å²) < 4.78 is 5.39. The van der Waals surface area contributed by atoms with Crippen LogP contribution >= 0.6 is 0 Å². The molecule has 0 saturated carbocycles. The molecule has 3 nitrogen and oxygen atoms in total. The first-order chi connectivity index (χ1) is 9.56. The molecule has 0 fully saturated rings. The van der Waals surface area contributed by atoms with E-state index in [0.717, 1.165) is 18.8 Å². The molecular weight excluding hydrogens is 248 g/mol. The number of likely N-dealkylation sites (N-methyl/N-ethyl adjacent to an activating group) is 1. The quantitative estimate of drug-likeness (QED) is 0.869. The van der Waals surface area contributed by atoms with Gasteiger partial charge in [0.25, 0.3) is 0 Å². The van der Waals surface area contributed by atoms with Crippen LogP contribution < -0.4 is 10.2 Å². The van der Waals surface area contributed by atoms with Gasteiger partial charge < -0.3 is 14.6 Å². The van der Waals surface area contributed by atoms with E-state index in [1.165, 1.54) is 16.8 Å². The van der Waals surface area contributed by atoms with Crippen LogP contribution in [0.15, 0.2) is 41.0 Å². The van der Waals surface area contributed by atoms with Crippen molar-refractivity contribution in [2.75, 3.05) is 25.0 Å². The zero-order valence-corrected chi connectivity index (χ0v) is 12.8. The summed E-state index contributed by atoms with van der Waals surface area (Å²) in [6.07, 6.45) is 1.72. The molecule has 2 aromatic rings. The van der Waals surface area contributed by atoms with Gasteiger partial charge in [0.2, 0.25) is 0 Å². The van der Waals surface area contributed by atoms with Crippen LogP contribution in [0.3, 0.4) is 0 Å². The van der Waals surface area contributed by atoms with Crippen LogP contribution in [0.5, 0.6) is 0 Å². The Bertz CT molecular complexity index is 514. The zero-order chi connectivity index (χ0) is 14.5. The van der Waals surface area contributed by atoms with Crippen LogP contribution in [-0.4, -0.2) is 20.1 Å². The summed E-state index contributed by atoms with van der Waals surface area (Å²) in [5, 5.41) is 3.48. The molecule has 108 valence electrons. The molecule has 0 spiro atoms. The third-order valence-corrected chi connectivity index (χ3v) is 3.51. The van der Waals surface area contributed by atoms with Gasteiger partial charge in [0, 0.05) is 25.8 Å². The highest BCUT2D eigenvalue weighted by atomic mass is 16.3. The predicted octanol–water partition coefficient (Wildman–Crippen LogP) is 3.68. The molecule has 0 amide bonds. The molecule has 1 unspecified atom stereocenters. The molecule has 20 heavy (non-hydrogen) atoms. The van der Waals surface area contributed by atoms with E-state index in [2.05, 4.69) is 56.2 Å². The summed E-state index contributed by atoms with van der Waals surface area (Å²) >= 11 is 0. The van der Waals surface area contributed by atoms with Gasteiger partial charge in [0.15, 0.2) is 0 Å². The van der Waals surface area contributed by atoms with Gasteiger partial charge >= 0.3 is 0 Å². The Morgan fingerprint density at radius 3 is 2.50 bits per heavy atom. The van der Waals surface area contributed by atoms with Crippen LogP contribution in [0.2, 0.25) is 0 Å². The Morgan fingerprint density at radius 2 is 1.90 bits per heavy atom. The molecule has 2 rings (SSSR count). The fourth-order valence-electron chi connectivity index (χ4n) is 2.39. The van der Waals surface area contributed by atoms with Crippen LogP contribution in [0, 0.1) is 13.8 Å². The van der Waals surface area contributed by atoms with Crippen molar-refractivity contribution in [1.82, 2.24) is 5.32 Å². The third-order valence-electron chi connectivity index (χ3n) is 3.51. The lowest BCUT2D eigenvalue weighted by atomic mass is 10.1. The van der Waals surface area contributed by atoms with Gasteiger partial charge in [-0.3, -0.25) is 0 Å². The molecule has 0 aliphatic carbocycles. The molecule has 0 aliphatic rings. The SMILES string of the molecule is Cc1cc(C)cc(N(C)CCNC(C)c2ccco2)c1. The normalized spacial score (nSPS) is 12.4.